The van der Waals surface area contributed by atoms with E-state index < -0.39 is 11.6 Å². The first-order valence-corrected chi connectivity index (χ1v) is 10.9. The number of rotatable bonds is 7. The molecule has 2 heterocycles. The Balaban J connectivity index is 1.63. The molecular formula is C25H27N5O3. The maximum absolute atomic E-state index is 13.3. The van der Waals surface area contributed by atoms with Crippen molar-refractivity contribution in [2.75, 3.05) is 6.61 Å². The second-order valence-electron chi connectivity index (χ2n) is 7.83. The van der Waals surface area contributed by atoms with Crippen LogP contribution in [0.1, 0.15) is 36.8 Å². The van der Waals surface area contributed by atoms with Crippen molar-refractivity contribution in [1.82, 2.24) is 24.9 Å². The van der Waals surface area contributed by atoms with E-state index in [0.717, 1.165) is 22.7 Å². The number of para-hydroxylation sites is 2. The summed E-state index contributed by atoms with van der Waals surface area (Å²) in [7, 11) is 0. The number of benzene rings is 2. The summed E-state index contributed by atoms with van der Waals surface area (Å²) in [4.78, 5) is 26.2. The van der Waals surface area contributed by atoms with E-state index in [1.54, 1.807) is 11.6 Å². The van der Waals surface area contributed by atoms with E-state index in [2.05, 4.69) is 15.5 Å². The fraction of sp³-hybridized carbons (Fsp3) is 0.280. The molecule has 4 rings (SSSR count). The molecule has 170 valence electrons. The van der Waals surface area contributed by atoms with Crippen LogP contribution in [-0.4, -0.2) is 32.1 Å². The van der Waals surface area contributed by atoms with Crippen molar-refractivity contribution >= 4 is 16.8 Å². The molecule has 0 aliphatic rings. The summed E-state index contributed by atoms with van der Waals surface area (Å²) in [6, 6.07) is 16.3. The summed E-state index contributed by atoms with van der Waals surface area (Å²) in [5.41, 5.74) is 3.09. The summed E-state index contributed by atoms with van der Waals surface area (Å²) in [6.45, 7) is 8.13. The molecule has 1 amide bonds. The topological polar surface area (TPSA) is 91.0 Å². The lowest BCUT2D eigenvalue weighted by Crippen LogP contribution is -2.37. The van der Waals surface area contributed by atoms with Gasteiger partial charge in [0.25, 0.3) is 5.56 Å². The monoisotopic (exact) mass is 445 g/mol. The Kier molecular flexibility index (Phi) is 6.26. The van der Waals surface area contributed by atoms with E-state index in [-0.39, 0.29) is 12.5 Å². The zero-order valence-corrected chi connectivity index (χ0v) is 19.2. The Morgan fingerprint density at radius 2 is 1.76 bits per heavy atom. The second kappa shape index (κ2) is 9.28. The molecule has 2 aromatic heterocycles. The molecule has 0 unspecified atom stereocenters. The van der Waals surface area contributed by atoms with Gasteiger partial charge in [-0.2, -0.15) is 10.2 Å². The highest BCUT2D eigenvalue weighted by atomic mass is 16.5. The van der Waals surface area contributed by atoms with Crippen molar-refractivity contribution in [1.29, 1.82) is 0 Å². The van der Waals surface area contributed by atoms with Crippen LogP contribution in [0.15, 0.2) is 59.4 Å². The van der Waals surface area contributed by atoms with E-state index >= 15 is 0 Å². The first kappa shape index (κ1) is 22.3. The maximum Gasteiger partial charge on any atom is 0.295 e. The molecular weight excluding hydrogens is 418 g/mol. The fourth-order valence-electron chi connectivity index (χ4n) is 3.92. The molecule has 33 heavy (non-hydrogen) atoms. The number of fused-ring (bicyclic) bond motifs is 1. The molecule has 0 aliphatic carbocycles. The number of ether oxygens (including phenoxy) is 1. The quantitative estimate of drug-likeness (QED) is 0.470. The summed E-state index contributed by atoms with van der Waals surface area (Å²) in [6.07, 6.45) is 0. The maximum atomic E-state index is 13.3. The SMILES string of the molecule is CCOc1ccccc1CNC(=O)[C@H](C)n1nc(C)c2c(C)n(-c3ccccc3)nc2c1=O. The molecule has 8 nitrogen and oxygen atoms in total. The van der Waals surface area contributed by atoms with Gasteiger partial charge in [-0.3, -0.25) is 9.59 Å². The van der Waals surface area contributed by atoms with E-state index in [0.29, 0.717) is 23.2 Å². The fourth-order valence-corrected chi connectivity index (χ4v) is 3.92. The van der Waals surface area contributed by atoms with Gasteiger partial charge in [0.05, 0.1) is 29.1 Å². The predicted molar refractivity (Wildman–Crippen MR) is 127 cm³/mol. The van der Waals surface area contributed by atoms with Crippen LogP contribution in [0.25, 0.3) is 16.6 Å². The Bertz CT molecular complexity index is 1360. The number of nitrogens with zero attached hydrogens (tertiary/aromatic N) is 4. The third-order valence-corrected chi connectivity index (χ3v) is 5.62. The standard InChI is InChI=1S/C25H27N5O3/c1-5-33-21-14-10-9-11-19(21)15-26-24(31)18(4)30-25(32)23-22(16(2)27-30)17(3)29(28-23)20-12-7-6-8-13-20/h6-14,18H,5,15H2,1-4H3,(H,26,31)/t18-/m0/s1. The Labute approximate surface area is 191 Å². The van der Waals surface area contributed by atoms with Crippen molar-refractivity contribution < 1.29 is 9.53 Å². The van der Waals surface area contributed by atoms with Gasteiger partial charge in [0.15, 0.2) is 5.52 Å². The van der Waals surface area contributed by atoms with Crippen molar-refractivity contribution in [3.63, 3.8) is 0 Å². The largest absolute Gasteiger partial charge is 0.494 e. The summed E-state index contributed by atoms with van der Waals surface area (Å²) < 4.78 is 8.57. The van der Waals surface area contributed by atoms with Crippen LogP contribution in [0.4, 0.5) is 0 Å². The number of hydrogen-bond donors (Lipinski definition) is 1. The van der Waals surface area contributed by atoms with Gasteiger partial charge < -0.3 is 10.1 Å². The number of nitrogens with one attached hydrogen (secondary N) is 1. The van der Waals surface area contributed by atoms with E-state index in [9.17, 15) is 9.59 Å². The first-order chi connectivity index (χ1) is 15.9. The lowest BCUT2D eigenvalue weighted by molar-refractivity contribution is -0.124. The van der Waals surface area contributed by atoms with Crippen molar-refractivity contribution in [3.8, 4) is 11.4 Å². The highest BCUT2D eigenvalue weighted by Gasteiger charge is 2.23. The molecule has 0 spiro atoms. The van der Waals surface area contributed by atoms with Crippen LogP contribution in [0.5, 0.6) is 5.75 Å². The van der Waals surface area contributed by atoms with Gasteiger partial charge in [0.2, 0.25) is 5.91 Å². The van der Waals surface area contributed by atoms with Gasteiger partial charge in [0.1, 0.15) is 11.8 Å². The van der Waals surface area contributed by atoms with Crippen LogP contribution in [0, 0.1) is 13.8 Å². The van der Waals surface area contributed by atoms with Crippen molar-refractivity contribution in [2.24, 2.45) is 0 Å². The number of carbonyl (C=O) groups is 1. The summed E-state index contributed by atoms with van der Waals surface area (Å²) >= 11 is 0. The molecule has 2 aromatic carbocycles. The molecule has 0 bridgehead atoms. The average molecular weight is 446 g/mol. The normalized spacial score (nSPS) is 12.0. The predicted octanol–water partition coefficient (Wildman–Crippen LogP) is 3.48. The summed E-state index contributed by atoms with van der Waals surface area (Å²) in [5.74, 6) is 0.413. The molecule has 0 radical (unpaired) electrons. The van der Waals surface area contributed by atoms with Gasteiger partial charge in [-0.1, -0.05) is 36.4 Å². The Morgan fingerprint density at radius 3 is 2.48 bits per heavy atom. The molecule has 1 atom stereocenters. The van der Waals surface area contributed by atoms with Crippen molar-refractivity contribution in [2.45, 2.75) is 40.3 Å². The zero-order chi connectivity index (χ0) is 23.5. The highest BCUT2D eigenvalue weighted by Crippen LogP contribution is 2.22. The number of amides is 1. The molecule has 1 N–H and O–H groups in total. The van der Waals surface area contributed by atoms with E-state index in [1.807, 2.05) is 75.4 Å². The molecule has 0 saturated carbocycles. The number of aryl methyl sites for hydroxylation is 2. The third kappa shape index (κ3) is 4.24. The minimum atomic E-state index is -0.804. The zero-order valence-electron chi connectivity index (χ0n) is 19.2. The van der Waals surface area contributed by atoms with Gasteiger partial charge >= 0.3 is 0 Å². The lowest BCUT2D eigenvalue weighted by atomic mass is 10.2. The highest BCUT2D eigenvalue weighted by molar-refractivity contribution is 5.84. The van der Waals surface area contributed by atoms with Crippen molar-refractivity contribution in [3.05, 3.63) is 81.9 Å². The minimum absolute atomic E-state index is 0.289. The summed E-state index contributed by atoms with van der Waals surface area (Å²) in [5, 5.41) is 12.6. The van der Waals surface area contributed by atoms with Crippen LogP contribution in [0.2, 0.25) is 0 Å². The van der Waals surface area contributed by atoms with Crippen LogP contribution in [-0.2, 0) is 11.3 Å². The number of aromatic nitrogens is 4. The first-order valence-electron chi connectivity index (χ1n) is 10.9. The van der Waals surface area contributed by atoms with Gasteiger partial charge in [-0.05, 0) is 45.9 Å². The van der Waals surface area contributed by atoms with Crippen LogP contribution in [0.3, 0.4) is 0 Å². The molecule has 4 aromatic rings. The molecule has 8 heteroatoms. The van der Waals surface area contributed by atoms with Crippen LogP contribution >= 0.6 is 0 Å². The van der Waals surface area contributed by atoms with E-state index in [4.69, 9.17) is 4.74 Å². The molecule has 0 fully saturated rings. The lowest BCUT2D eigenvalue weighted by Gasteiger charge is -2.16. The van der Waals surface area contributed by atoms with Crippen LogP contribution < -0.4 is 15.6 Å². The third-order valence-electron chi connectivity index (χ3n) is 5.62. The van der Waals surface area contributed by atoms with Gasteiger partial charge in [-0.25, -0.2) is 9.36 Å². The Morgan fingerprint density at radius 1 is 1.06 bits per heavy atom. The number of carbonyl (C=O) groups excluding carboxylic acids is 1. The average Bonchev–Trinajstić information content (AvgIpc) is 3.19. The molecule has 0 saturated heterocycles. The second-order valence-corrected chi connectivity index (χ2v) is 7.83. The molecule has 0 aliphatic heterocycles. The van der Waals surface area contributed by atoms with Gasteiger partial charge in [-0.15, -0.1) is 0 Å². The van der Waals surface area contributed by atoms with Gasteiger partial charge in [0, 0.05) is 12.1 Å². The van der Waals surface area contributed by atoms with E-state index in [1.165, 1.54) is 4.68 Å². The number of hydrogen-bond acceptors (Lipinski definition) is 5. The minimum Gasteiger partial charge on any atom is -0.494 e. The smallest absolute Gasteiger partial charge is 0.295 e. The Hall–Kier alpha value is -3.94.